The highest BCUT2D eigenvalue weighted by Gasteiger charge is 2.17. The van der Waals surface area contributed by atoms with Gasteiger partial charge in [0.2, 0.25) is 0 Å². The van der Waals surface area contributed by atoms with Crippen molar-refractivity contribution in [1.82, 2.24) is 40.4 Å². The number of unbranched alkanes of at least 4 members (excludes halogenated alkanes) is 2. The zero-order chi connectivity index (χ0) is 24.6. The Morgan fingerprint density at radius 2 is 1.83 bits per heavy atom. The molecule has 1 aliphatic rings. The van der Waals surface area contributed by atoms with Gasteiger partial charge < -0.3 is 0 Å². The Kier molecular flexibility index (Phi) is 8.10. The number of nitrogens with one attached hydrogen (secondary N) is 1. The minimum atomic E-state index is 0.645. The second kappa shape index (κ2) is 12.0. The molecule has 3 heterocycles. The van der Waals surface area contributed by atoms with Gasteiger partial charge in [0.05, 0.1) is 12.2 Å². The maximum atomic E-state index is 4.97. The third-order valence-electron chi connectivity index (χ3n) is 7.27. The second-order valence-electron chi connectivity index (χ2n) is 9.94. The fraction of sp³-hybridized carbons (Fsp3) is 0.500. The van der Waals surface area contributed by atoms with Crippen molar-refractivity contribution in [3.63, 3.8) is 0 Å². The summed E-state index contributed by atoms with van der Waals surface area (Å²) in [6.07, 6.45) is 15.6. The van der Waals surface area contributed by atoms with Crippen LogP contribution in [0.1, 0.15) is 82.1 Å². The van der Waals surface area contributed by atoms with Gasteiger partial charge in [0.15, 0.2) is 11.6 Å². The van der Waals surface area contributed by atoms with E-state index in [0.717, 1.165) is 59.2 Å². The van der Waals surface area contributed by atoms with Crippen LogP contribution in [0.2, 0.25) is 0 Å². The Morgan fingerprint density at radius 1 is 0.972 bits per heavy atom. The molecule has 0 spiro atoms. The van der Waals surface area contributed by atoms with E-state index in [2.05, 4.69) is 50.4 Å². The quantitative estimate of drug-likeness (QED) is 0.270. The molecule has 36 heavy (non-hydrogen) atoms. The van der Waals surface area contributed by atoms with Gasteiger partial charge in [-0.05, 0) is 40.8 Å². The van der Waals surface area contributed by atoms with Crippen LogP contribution in [0, 0.1) is 5.92 Å². The predicted molar refractivity (Wildman–Crippen MR) is 140 cm³/mol. The van der Waals surface area contributed by atoms with Crippen LogP contribution in [0.15, 0.2) is 42.6 Å². The summed E-state index contributed by atoms with van der Waals surface area (Å²) in [5, 5.41) is 19.3. The van der Waals surface area contributed by atoms with E-state index >= 15 is 0 Å². The maximum absolute atomic E-state index is 4.97. The Labute approximate surface area is 213 Å². The molecule has 0 saturated heterocycles. The van der Waals surface area contributed by atoms with E-state index < -0.39 is 0 Å². The fourth-order valence-corrected chi connectivity index (χ4v) is 5.23. The number of tetrazole rings is 1. The van der Waals surface area contributed by atoms with Crippen molar-refractivity contribution < 1.29 is 0 Å². The predicted octanol–water partition coefficient (Wildman–Crippen LogP) is 5.81. The molecule has 4 aromatic rings. The third-order valence-corrected chi connectivity index (χ3v) is 7.27. The molecule has 0 bridgehead atoms. The molecule has 0 unspecified atom stereocenters. The Bertz CT molecular complexity index is 1210. The molecule has 8 heteroatoms. The maximum Gasteiger partial charge on any atom is 0.180 e. The monoisotopic (exact) mass is 484 g/mol. The fourth-order valence-electron chi connectivity index (χ4n) is 5.23. The van der Waals surface area contributed by atoms with Crippen molar-refractivity contribution in [3.8, 4) is 22.5 Å². The van der Waals surface area contributed by atoms with Gasteiger partial charge in [0.1, 0.15) is 5.82 Å². The number of aromatic amines is 1. The van der Waals surface area contributed by atoms with Crippen LogP contribution in [-0.2, 0) is 19.4 Å². The van der Waals surface area contributed by atoms with Crippen molar-refractivity contribution in [2.24, 2.45) is 5.92 Å². The van der Waals surface area contributed by atoms with Crippen LogP contribution >= 0.6 is 0 Å². The highest BCUT2D eigenvalue weighted by molar-refractivity contribution is 5.79. The summed E-state index contributed by atoms with van der Waals surface area (Å²) < 4.78 is 2.09. The summed E-state index contributed by atoms with van der Waals surface area (Å²) in [6, 6.07) is 12.3. The van der Waals surface area contributed by atoms with Gasteiger partial charge in [-0.2, -0.15) is 5.10 Å². The van der Waals surface area contributed by atoms with Gasteiger partial charge in [0.25, 0.3) is 0 Å². The average Bonchev–Trinajstić information content (AvgIpc) is 3.59. The van der Waals surface area contributed by atoms with E-state index in [-0.39, 0.29) is 0 Å². The molecule has 1 saturated carbocycles. The van der Waals surface area contributed by atoms with Gasteiger partial charge in [-0.25, -0.2) is 14.8 Å². The third kappa shape index (κ3) is 6.04. The minimum absolute atomic E-state index is 0.645. The number of hydrogen-bond acceptors (Lipinski definition) is 6. The second-order valence-corrected chi connectivity index (χ2v) is 9.94. The molecule has 3 aromatic heterocycles. The van der Waals surface area contributed by atoms with Crippen molar-refractivity contribution in [2.45, 2.75) is 84.1 Å². The molecule has 0 amide bonds. The summed E-state index contributed by atoms with van der Waals surface area (Å²) in [7, 11) is 0. The van der Waals surface area contributed by atoms with E-state index in [4.69, 9.17) is 15.1 Å². The number of H-pyrrole nitrogens is 1. The Morgan fingerprint density at radius 3 is 2.58 bits per heavy atom. The van der Waals surface area contributed by atoms with Gasteiger partial charge in [-0.1, -0.05) is 82.2 Å². The van der Waals surface area contributed by atoms with E-state index in [1.54, 1.807) is 0 Å². The molecule has 0 aliphatic heterocycles. The SMILES string of the molecule is CCCCCc1nc(CCC2CCCCC2)nn1Cc1ccc(-c2ccccc2-c2nnn[nH]2)cn1. The van der Waals surface area contributed by atoms with E-state index in [9.17, 15) is 0 Å². The van der Waals surface area contributed by atoms with Crippen molar-refractivity contribution in [2.75, 3.05) is 0 Å². The molecule has 0 radical (unpaired) electrons. The van der Waals surface area contributed by atoms with Gasteiger partial charge >= 0.3 is 0 Å². The molecular weight excluding hydrogens is 448 g/mol. The van der Waals surface area contributed by atoms with Crippen LogP contribution in [0.4, 0.5) is 0 Å². The number of benzene rings is 1. The molecule has 1 N–H and O–H groups in total. The van der Waals surface area contributed by atoms with Crippen LogP contribution in [0.5, 0.6) is 0 Å². The zero-order valence-electron chi connectivity index (χ0n) is 21.2. The first-order valence-electron chi connectivity index (χ1n) is 13.5. The molecule has 1 aromatic carbocycles. The summed E-state index contributed by atoms with van der Waals surface area (Å²) >= 11 is 0. The van der Waals surface area contributed by atoms with Crippen molar-refractivity contribution in [3.05, 3.63) is 59.9 Å². The lowest BCUT2D eigenvalue weighted by Crippen LogP contribution is -2.09. The van der Waals surface area contributed by atoms with Crippen molar-refractivity contribution >= 4 is 0 Å². The lowest BCUT2D eigenvalue weighted by Gasteiger charge is -2.20. The first-order chi connectivity index (χ1) is 17.8. The van der Waals surface area contributed by atoms with E-state index in [1.165, 1.54) is 51.4 Å². The summed E-state index contributed by atoms with van der Waals surface area (Å²) in [6.45, 7) is 2.88. The highest BCUT2D eigenvalue weighted by Crippen LogP contribution is 2.29. The molecule has 8 nitrogen and oxygen atoms in total. The van der Waals surface area contributed by atoms with Crippen LogP contribution < -0.4 is 0 Å². The number of aryl methyl sites for hydroxylation is 2. The summed E-state index contributed by atoms with van der Waals surface area (Å²) in [4.78, 5) is 9.76. The minimum Gasteiger partial charge on any atom is -0.259 e. The highest BCUT2D eigenvalue weighted by atomic mass is 15.5. The molecule has 1 aliphatic carbocycles. The molecular formula is C28H36N8. The first kappa shape index (κ1) is 24.3. The Balaban J connectivity index is 1.31. The normalized spacial score (nSPS) is 14.4. The van der Waals surface area contributed by atoms with Gasteiger partial charge in [-0.3, -0.25) is 4.98 Å². The topological polar surface area (TPSA) is 98.1 Å². The standard InChI is InChI=1S/C28H36N8/c1-2-3-5-14-27-30-26(18-15-21-10-6-4-7-11-21)33-36(27)20-23-17-16-22(19-29-23)24-12-8-9-13-25(24)28-31-34-35-32-28/h8-9,12-13,16-17,19,21H,2-7,10-11,14-15,18,20H2,1H3,(H,31,32,34,35). The largest absolute Gasteiger partial charge is 0.259 e. The number of rotatable bonds is 11. The molecule has 5 rings (SSSR count). The van der Waals surface area contributed by atoms with Crippen LogP contribution in [0.25, 0.3) is 22.5 Å². The van der Waals surface area contributed by atoms with Crippen LogP contribution in [0.3, 0.4) is 0 Å². The first-order valence-corrected chi connectivity index (χ1v) is 13.5. The van der Waals surface area contributed by atoms with Crippen molar-refractivity contribution in [1.29, 1.82) is 0 Å². The molecule has 0 atom stereocenters. The van der Waals surface area contributed by atoms with E-state index in [1.807, 2.05) is 24.4 Å². The number of hydrogen-bond donors (Lipinski definition) is 1. The average molecular weight is 485 g/mol. The Hall–Kier alpha value is -3.42. The number of pyridine rings is 1. The lowest BCUT2D eigenvalue weighted by molar-refractivity contribution is 0.337. The number of nitrogens with zero attached hydrogens (tertiary/aromatic N) is 7. The lowest BCUT2D eigenvalue weighted by atomic mass is 9.86. The summed E-state index contributed by atoms with van der Waals surface area (Å²) in [5.41, 5.74) is 4.01. The zero-order valence-corrected chi connectivity index (χ0v) is 21.2. The van der Waals surface area contributed by atoms with Gasteiger partial charge in [-0.15, -0.1) is 5.10 Å². The molecule has 188 valence electrons. The summed E-state index contributed by atoms with van der Waals surface area (Å²) in [5.74, 6) is 3.59. The van der Waals surface area contributed by atoms with E-state index in [0.29, 0.717) is 12.4 Å². The number of aromatic nitrogens is 8. The van der Waals surface area contributed by atoms with Gasteiger partial charge in [0, 0.05) is 30.2 Å². The molecule has 1 fully saturated rings. The smallest absolute Gasteiger partial charge is 0.180 e. The van der Waals surface area contributed by atoms with Crippen LogP contribution in [-0.4, -0.2) is 40.4 Å².